The van der Waals surface area contributed by atoms with E-state index in [0.717, 1.165) is 38.9 Å². The van der Waals surface area contributed by atoms with Crippen molar-refractivity contribution >= 4 is 9.84 Å². The van der Waals surface area contributed by atoms with E-state index in [2.05, 4.69) is 5.32 Å². The lowest BCUT2D eigenvalue weighted by atomic mass is 9.94. The second-order valence-electron chi connectivity index (χ2n) is 4.72. The molecule has 0 radical (unpaired) electrons. The van der Waals surface area contributed by atoms with Gasteiger partial charge in [0.1, 0.15) is 9.84 Å². The number of sulfone groups is 1. The van der Waals surface area contributed by atoms with E-state index in [1.165, 1.54) is 6.26 Å². The van der Waals surface area contributed by atoms with Gasteiger partial charge in [0.2, 0.25) is 0 Å². The van der Waals surface area contributed by atoms with Crippen molar-refractivity contribution < 1.29 is 13.2 Å². The van der Waals surface area contributed by atoms with E-state index in [1.54, 1.807) is 0 Å². The SMILES string of the molecule is CS(=O)(=O)C1CCCC(NC2COC2)C1. The Morgan fingerprint density at radius 1 is 1.20 bits per heavy atom. The van der Waals surface area contributed by atoms with Crippen LogP contribution in [-0.4, -0.2) is 45.2 Å². The predicted molar refractivity (Wildman–Crippen MR) is 58.6 cm³/mol. The van der Waals surface area contributed by atoms with Gasteiger partial charge in [-0.2, -0.15) is 0 Å². The first-order chi connectivity index (χ1) is 7.05. The molecule has 2 aliphatic rings. The van der Waals surface area contributed by atoms with Crippen LogP contribution in [-0.2, 0) is 14.6 Å². The molecule has 2 atom stereocenters. The number of ether oxygens (including phenoxy) is 1. The minimum atomic E-state index is -2.85. The Bertz CT molecular complexity index is 311. The molecule has 1 aliphatic heterocycles. The molecule has 1 heterocycles. The molecule has 2 rings (SSSR count). The average molecular weight is 233 g/mol. The zero-order valence-corrected chi connectivity index (χ0v) is 9.92. The minimum Gasteiger partial charge on any atom is -0.378 e. The third-order valence-electron chi connectivity index (χ3n) is 3.34. The zero-order valence-electron chi connectivity index (χ0n) is 9.11. The van der Waals surface area contributed by atoms with Crippen molar-refractivity contribution in [2.24, 2.45) is 0 Å². The molecule has 2 unspecified atom stereocenters. The quantitative estimate of drug-likeness (QED) is 0.763. The summed E-state index contributed by atoms with van der Waals surface area (Å²) in [6, 6.07) is 0.820. The maximum Gasteiger partial charge on any atom is 0.150 e. The topological polar surface area (TPSA) is 55.4 Å². The Balaban J connectivity index is 1.86. The summed E-state index contributed by atoms with van der Waals surface area (Å²) >= 11 is 0. The van der Waals surface area contributed by atoms with Gasteiger partial charge in [0.25, 0.3) is 0 Å². The fraction of sp³-hybridized carbons (Fsp3) is 1.00. The van der Waals surface area contributed by atoms with Gasteiger partial charge in [-0.25, -0.2) is 8.42 Å². The van der Waals surface area contributed by atoms with E-state index < -0.39 is 9.84 Å². The van der Waals surface area contributed by atoms with Gasteiger partial charge >= 0.3 is 0 Å². The Morgan fingerprint density at radius 2 is 1.93 bits per heavy atom. The van der Waals surface area contributed by atoms with Crippen LogP contribution < -0.4 is 5.32 Å². The van der Waals surface area contributed by atoms with Crippen molar-refractivity contribution in [3.05, 3.63) is 0 Å². The predicted octanol–water partition coefficient (Wildman–Crippen LogP) is 0.331. The maximum absolute atomic E-state index is 11.4. The normalized spacial score (nSPS) is 33.7. The molecule has 0 spiro atoms. The molecule has 4 nitrogen and oxygen atoms in total. The van der Waals surface area contributed by atoms with E-state index in [9.17, 15) is 8.42 Å². The highest BCUT2D eigenvalue weighted by molar-refractivity contribution is 7.91. The highest BCUT2D eigenvalue weighted by atomic mass is 32.2. The van der Waals surface area contributed by atoms with Gasteiger partial charge in [0.05, 0.1) is 24.5 Å². The Kier molecular flexibility index (Phi) is 3.33. The van der Waals surface area contributed by atoms with E-state index >= 15 is 0 Å². The molecule has 1 saturated carbocycles. The van der Waals surface area contributed by atoms with Crippen LogP contribution in [0.4, 0.5) is 0 Å². The summed E-state index contributed by atoms with van der Waals surface area (Å²) < 4.78 is 28.0. The third kappa shape index (κ3) is 2.92. The average Bonchev–Trinajstić information content (AvgIpc) is 2.11. The highest BCUT2D eigenvalue weighted by Gasteiger charge is 2.31. The first-order valence-electron chi connectivity index (χ1n) is 5.58. The third-order valence-corrected chi connectivity index (χ3v) is 4.98. The summed E-state index contributed by atoms with van der Waals surface area (Å²) in [7, 11) is -2.85. The Hall–Kier alpha value is -0.130. The van der Waals surface area contributed by atoms with E-state index in [1.807, 2.05) is 0 Å². The van der Waals surface area contributed by atoms with Crippen LogP contribution >= 0.6 is 0 Å². The molecular formula is C10H19NO3S. The lowest BCUT2D eigenvalue weighted by molar-refractivity contribution is -0.0117. The number of hydrogen-bond acceptors (Lipinski definition) is 4. The van der Waals surface area contributed by atoms with Gasteiger partial charge in [-0.05, 0) is 19.3 Å². The van der Waals surface area contributed by atoms with E-state index in [4.69, 9.17) is 4.74 Å². The van der Waals surface area contributed by atoms with Crippen molar-refractivity contribution in [2.75, 3.05) is 19.5 Å². The second-order valence-corrected chi connectivity index (χ2v) is 7.04. The lowest BCUT2D eigenvalue weighted by Gasteiger charge is -2.35. The van der Waals surface area contributed by atoms with Crippen LogP contribution in [0.5, 0.6) is 0 Å². The van der Waals surface area contributed by atoms with Crippen LogP contribution in [0.15, 0.2) is 0 Å². The molecule has 0 aromatic rings. The molecule has 1 N–H and O–H groups in total. The van der Waals surface area contributed by atoms with Crippen LogP contribution in [0.25, 0.3) is 0 Å². The number of nitrogens with one attached hydrogen (secondary N) is 1. The van der Waals surface area contributed by atoms with Gasteiger partial charge in [-0.1, -0.05) is 6.42 Å². The summed E-state index contributed by atoms with van der Waals surface area (Å²) in [5.41, 5.74) is 0. The molecule has 1 saturated heterocycles. The first kappa shape index (κ1) is 11.4. The molecule has 5 heteroatoms. The maximum atomic E-state index is 11.4. The molecule has 0 bridgehead atoms. The molecule has 0 aromatic heterocycles. The van der Waals surface area contributed by atoms with Crippen LogP contribution in [0.1, 0.15) is 25.7 Å². The molecular weight excluding hydrogens is 214 g/mol. The summed E-state index contributed by atoms with van der Waals surface area (Å²) in [5, 5.41) is 3.33. The van der Waals surface area contributed by atoms with Crippen molar-refractivity contribution in [3.63, 3.8) is 0 Å². The monoisotopic (exact) mass is 233 g/mol. The molecule has 0 amide bonds. The van der Waals surface area contributed by atoms with Crippen molar-refractivity contribution in [1.82, 2.24) is 5.32 Å². The smallest absolute Gasteiger partial charge is 0.150 e. The van der Waals surface area contributed by atoms with Crippen LogP contribution in [0.2, 0.25) is 0 Å². The largest absolute Gasteiger partial charge is 0.378 e. The van der Waals surface area contributed by atoms with Crippen molar-refractivity contribution in [1.29, 1.82) is 0 Å². The van der Waals surface area contributed by atoms with Crippen molar-refractivity contribution in [2.45, 2.75) is 43.0 Å². The molecule has 88 valence electrons. The van der Waals surface area contributed by atoms with Gasteiger partial charge in [0.15, 0.2) is 0 Å². The standard InChI is InChI=1S/C10H19NO3S/c1-15(12,13)10-4-2-3-8(5-10)11-9-6-14-7-9/h8-11H,2-7H2,1H3. The van der Waals surface area contributed by atoms with Crippen LogP contribution in [0, 0.1) is 0 Å². The fourth-order valence-corrected chi connectivity index (χ4v) is 3.53. The number of hydrogen-bond donors (Lipinski definition) is 1. The Morgan fingerprint density at radius 3 is 2.47 bits per heavy atom. The summed E-state index contributed by atoms with van der Waals surface area (Å²) in [6.07, 6.45) is 5.07. The van der Waals surface area contributed by atoms with E-state index in [-0.39, 0.29) is 5.25 Å². The lowest BCUT2D eigenvalue weighted by Crippen LogP contribution is -2.52. The number of rotatable bonds is 3. The summed E-state index contributed by atoms with van der Waals surface area (Å²) in [6.45, 7) is 1.56. The van der Waals surface area contributed by atoms with Gasteiger partial charge in [-0.15, -0.1) is 0 Å². The van der Waals surface area contributed by atoms with Gasteiger partial charge in [0, 0.05) is 12.3 Å². The molecule has 2 fully saturated rings. The fourth-order valence-electron chi connectivity index (χ4n) is 2.35. The van der Waals surface area contributed by atoms with Gasteiger partial charge < -0.3 is 10.1 Å². The molecule has 15 heavy (non-hydrogen) atoms. The summed E-state index contributed by atoms with van der Waals surface area (Å²) in [5.74, 6) is 0. The van der Waals surface area contributed by atoms with Crippen molar-refractivity contribution in [3.8, 4) is 0 Å². The second kappa shape index (κ2) is 4.39. The van der Waals surface area contributed by atoms with Gasteiger partial charge in [-0.3, -0.25) is 0 Å². The minimum absolute atomic E-state index is 0.134. The van der Waals surface area contributed by atoms with E-state index in [0.29, 0.717) is 12.1 Å². The molecule has 0 aromatic carbocycles. The highest BCUT2D eigenvalue weighted by Crippen LogP contribution is 2.24. The van der Waals surface area contributed by atoms with Crippen LogP contribution in [0.3, 0.4) is 0 Å². The summed E-state index contributed by atoms with van der Waals surface area (Å²) in [4.78, 5) is 0. The molecule has 1 aliphatic carbocycles. The first-order valence-corrected chi connectivity index (χ1v) is 7.54. The zero-order chi connectivity index (χ0) is 10.9. The Labute approximate surface area is 91.3 Å².